The molecule has 0 heterocycles. The predicted molar refractivity (Wildman–Crippen MR) is 65.1 cm³/mol. The van der Waals surface area contributed by atoms with Crippen LogP contribution in [0.25, 0.3) is 0 Å². The summed E-state index contributed by atoms with van der Waals surface area (Å²) in [6.07, 6.45) is 2.32. The molecule has 0 saturated heterocycles. The molecule has 1 nitrogen and oxygen atoms in total. The highest BCUT2D eigenvalue weighted by molar-refractivity contribution is 9.10. The molecule has 0 atom stereocenters. The zero-order chi connectivity index (χ0) is 10.9. The van der Waals surface area contributed by atoms with Gasteiger partial charge in [0.2, 0.25) is 0 Å². The van der Waals surface area contributed by atoms with Gasteiger partial charge in [0.25, 0.3) is 0 Å². The molecule has 2 rings (SSSR count). The summed E-state index contributed by atoms with van der Waals surface area (Å²) in [4.78, 5) is 0. The Bertz CT molecular complexity index is 364. The van der Waals surface area contributed by atoms with Gasteiger partial charge in [0, 0.05) is 15.2 Å². The number of hydrogen-bond acceptors (Lipinski definition) is 1. The van der Waals surface area contributed by atoms with Crippen LogP contribution in [0.1, 0.15) is 12.8 Å². The van der Waals surface area contributed by atoms with Crippen molar-refractivity contribution in [1.29, 1.82) is 0 Å². The number of rotatable bonds is 4. The van der Waals surface area contributed by atoms with Gasteiger partial charge in [0.1, 0.15) is 0 Å². The molecule has 0 radical (unpaired) electrons. The topological polar surface area (TPSA) is 9.23 Å². The third-order valence-electron chi connectivity index (χ3n) is 2.67. The molecule has 0 aromatic heterocycles. The molecular weight excluding hydrogens is 327 g/mol. The average Bonchev–Trinajstić information content (AvgIpc) is 3.00. The minimum Gasteiger partial charge on any atom is -0.490 e. The van der Waals surface area contributed by atoms with Gasteiger partial charge >= 0.3 is 0 Å². The van der Waals surface area contributed by atoms with Crippen LogP contribution in [0.15, 0.2) is 22.7 Å². The monoisotopic (exact) mass is 336 g/mol. The fourth-order valence-electron chi connectivity index (χ4n) is 1.31. The maximum Gasteiger partial charge on any atom is 0.165 e. The van der Waals surface area contributed by atoms with E-state index in [2.05, 4.69) is 31.9 Å². The van der Waals surface area contributed by atoms with Crippen LogP contribution < -0.4 is 4.74 Å². The first-order valence-corrected chi connectivity index (χ1v) is 6.70. The smallest absolute Gasteiger partial charge is 0.165 e. The van der Waals surface area contributed by atoms with Crippen molar-refractivity contribution in [1.82, 2.24) is 0 Å². The van der Waals surface area contributed by atoms with E-state index in [-0.39, 0.29) is 11.2 Å². The second-order valence-electron chi connectivity index (χ2n) is 4.00. The van der Waals surface area contributed by atoms with E-state index in [1.54, 1.807) is 12.1 Å². The van der Waals surface area contributed by atoms with E-state index in [1.807, 2.05) is 0 Å². The summed E-state index contributed by atoms with van der Waals surface area (Å²) in [6.45, 7) is 0.589. The normalized spacial score (nSPS) is 17.5. The first-order valence-electron chi connectivity index (χ1n) is 4.79. The fraction of sp³-hybridized carbons (Fsp3) is 0.455. The van der Waals surface area contributed by atoms with E-state index in [9.17, 15) is 4.39 Å². The minimum atomic E-state index is -0.302. The molecule has 4 heteroatoms. The molecule has 0 spiro atoms. The summed E-state index contributed by atoms with van der Waals surface area (Å²) >= 11 is 6.75. The van der Waals surface area contributed by atoms with Crippen LogP contribution in [0, 0.1) is 11.2 Å². The predicted octanol–water partition coefficient (Wildman–Crippen LogP) is 4.14. The Hall–Kier alpha value is -0.0900. The summed E-state index contributed by atoms with van der Waals surface area (Å²) in [6, 6.07) is 4.74. The molecular formula is C11H11Br2FO. The third-order valence-corrected chi connectivity index (χ3v) is 4.35. The van der Waals surface area contributed by atoms with E-state index in [1.165, 1.54) is 6.07 Å². The molecule has 1 aromatic rings. The van der Waals surface area contributed by atoms with Gasteiger partial charge in [-0.15, -0.1) is 0 Å². The minimum absolute atomic E-state index is 0.245. The summed E-state index contributed by atoms with van der Waals surface area (Å²) < 4.78 is 19.6. The first-order chi connectivity index (χ1) is 7.15. The lowest BCUT2D eigenvalue weighted by Crippen LogP contribution is -2.14. The van der Waals surface area contributed by atoms with Gasteiger partial charge in [0.15, 0.2) is 11.6 Å². The Morgan fingerprint density at radius 3 is 2.73 bits per heavy atom. The molecule has 1 saturated carbocycles. The summed E-state index contributed by atoms with van der Waals surface area (Å²) in [5.41, 5.74) is 0.245. The molecule has 1 aliphatic carbocycles. The van der Waals surface area contributed by atoms with E-state index in [0.29, 0.717) is 12.4 Å². The van der Waals surface area contributed by atoms with Gasteiger partial charge in [-0.1, -0.05) is 31.9 Å². The van der Waals surface area contributed by atoms with Crippen molar-refractivity contribution in [2.45, 2.75) is 12.8 Å². The first kappa shape index (κ1) is 11.4. The number of alkyl halides is 1. The zero-order valence-corrected chi connectivity index (χ0v) is 11.3. The van der Waals surface area contributed by atoms with Crippen LogP contribution >= 0.6 is 31.9 Å². The molecule has 1 fully saturated rings. The molecule has 0 N–H and O–H groups in total. The van der Waals surface area contributed by atoms with Gasteiger partial charge < -0.3 is 4.74 Å². The van der Waals surface area contributed by atoms with Crippen LogP contribution in [0.5, 0.6) is 5.75 Å². The van der Waals surface area contributed by atoms with Crippen molar-refractivity contribution >= 4 is 31.9 Å². The fourth-order valence-corrected chi connectivity index (χ4v) is 2.37. The quantitative estimate of drug-likeness (QED) is 0.750. The molecule has 82 valence electrons. The largest absolute Gasteiger partial charge is 0.490 e. The second-order valence-corrected chi connectivity index (χ2v) is 5.47. The van der Waals surface area contributed by atoms with Crippen LogP contribution in [0.4, 0.5) is 4.39 Å². The number of ether oxygens (including phenoxy) is 1. The second kappa shape index (κ2) is 4.42. The lowest BCUT2D eigenvalue weighted by Gasteiger charge is -2.13. The Morgan fingerprint density at radius 1 is 1.40 bits per heavy atom. The molecule has 0 bridgehead atoms. The van der Waals surface area contributed by atoms with Crippen molar-refractivity contribution in [3.8, 4) is 5.75 Å². The highest BCUT2D eigenvalue weighted by atomic mass is 79.9. The Morgan fingerprint density at radius 2 is 2.13 bits per heavy atom. The lowest BCUT2D eigenvalue weighted by molar-refractivity contribution is 0.241. The van der Waals surface area contributed by atoms with E-state index < -0.39 is 0 Å². The van der Waals surface area contributed by atoms with Gasteiger partial charge in [-0.05, 0) is 31.0 Å². The number of benzene rings is 1. The maximum absolute atomic E-state index is 13.3. The lowest BCUT2D eigenvalue weighted by atomic mass is 10.2. The molecule has 1 aliphatic rings. The van der Waals surface area contributed by atoms with Crippen LogP contribution in [0.3, 0.4) is 0 Å². The molecule has 0 unspecified atom stereocenters. The Labute approximate surface area is 105 Å². The van der Waals surface area contributed by atoms with Crippen LogP contribution in [-0.2, 0) is 0 Å². The zero-order valence-electron chi connectivity index (χ0n) is 8.10. The van der Waals surface area contributed by atoms with Crippen molar-refractivity contribution in [2.24, 2.45) is 5.41 Å². The van der Waals surface area contributed by atoms with E-state index in [0.717, 1.165) is 22.6 Å². The van der Waals surface area contributed by atoms with Crippen molar-refractivity contribution in [2.75, 3.05) is 11.9 Å². The van der Waals surface area contributed by atoms with Crippen molar-refractivity contribution in [3.63, 3.8) is 0 Å². The van der Waals surface area contributed by atoms with Crippen molar-refractivity contribution < 1.29 is 9.13 Å². The number of hydrogen-bond donors (Lipinski definition) is 0. The molecule has 15 heavy (non-hydrogen) atoms. The molecule has 0 aliphatic heterocycles. The van der Waals surface area contributed by atoms with Gasteiger partial charge in [0.05, 0.1) is 6.61 Å². The van der Waals surface area contributed by atoms with Crippen LogP contribution in [0.2, 0.25) is 0 Å². The SMILES string of the molecule is Fc1ccc(Br)cc1OCC1(CBr)CC1. The van der Waals surface area contributed by atoms with E-state index >= 15 is 0 Å². The Balaban J connectivity index is 2.01. The van der Waals surface area contributed by atoms with Gasteiger partial charge in [-0.3, -0.25) is 0 Å². The van der Waals surface area contributed by atoms with Crippen LogP contribution in [-0.4, -0.2) is 11.9 Å². The molecule has 1 aromatic carbocycles. The summed E-state index contributed by atoms with van der Waals surface area (Å²) in [5, 5.41) is 0.926. The van der Waals surface area contributed by atoms with Gasteiger partial charge in [-0.25, -0.2) is 4.39 Å². The average molecular weight is 338 g/mol. The molecule has 0 amide bonds. The standard InChI is InChI=1S/C11H11Br2FO/c12-6-11(3-4-11)7-15-10-5-8(13)1-2-9(10)14/h1-2,5H,3-4,6-7H2. The summed E-state index contributed by atoms with van der Waals surface area (Å²) in [5.74, 6) is 0.0279. The van der Waals surface area contributed by atoms with Crippen molar-refractivity contribution in [3.05, 3.63) is 28.5 Å². The summed E-state index contributed by atoms with van der Waals surface area (Å²) in [7, 11) is 0. The maximum atomic E-state index is 13.3. The third kappa shape index (κ3) is 2.72. The number of halogens is 3. The Kier molecular flexibility index (Phi) is 3.36. The highest BCUT2D eigenvalue weighted by Crippen LogP contribution is 2.47. The van der Waals surface area contributed by atoms with E-state index in [4.69, 9.17) is 4.74 Å². The highest BCUT2D eigenvalue weighted by Gasteiger charge is 2.42. The van der Waals surface area contributed by atoms with Gasteiger partial charge in [-0.2, -0.15) is 0 Å².